The molecule has 1 atom stereocenters. The first-order valence-electron chi connectivity index (χ1n) is 6.01. The fourth-order valence-electron chi connectivity index (χ4n) is 1.67. The van der Waals surface area contributed by atoms with Crippen LogP contribution in [-0.2, 0) is 6.42 Å². The summed E-state index contributed by atoms with van der Waals surface area (Å²) in [5, 5.41) is 3.84. The molecule has 0 bridgehead atoms. The first-order valence-corrected chi connectivity index (χ1v) is 7.40. The topological polar surface area (TPSA) is 64.9 Å². The van der Waals surface area contributed by atoms with Gasteiger partial charge in [0.2, 0.25) is 5.89 Å². The molecule has 4 nitrogen and oxygen atoms in total. The highest BCUT2D eigenvalue weighted by atomic mass is 32.2. The minimum atomic E-state index is -0.263. The molecule has 1 aromatic carbocycles. The largest absolute Gasteiger partial charge is 0.338 e. The zero-order chi connectivity index (χ0) is 13.7. The summed E-state index contributed by atoms with van der Waals surface area (Å²) < 4.78 is 18.6. The summed E-state index contributed by atoms with van der Waals surface area (Å²) in [6.07, 6.45) is 3.11. The second kappa shape index (κ2) is 6.68. The maximum atomic E-state index is 13.5. The molecule has 2 aromatic rings. The third kappa shape index (κ3) is 3.78. The Morgan fingerprint density at radius 3 is 2.95 bits per heavy atom. The van der Waals surface area contributed by atoms with Crippen molar-refractivity contribution in [3.05, 3.63) is 47.4 Å². The van der Waals surface area contributed by atoms with Crippen molar-refractivity contribution in [1.29, 1.82) is 0 Å². The van der Waals surface area contributed by atoms with Gasteiger partial charge in [0.05, 0.1) is 6.04 Å². The summed E-state index contributed by atoms with van der Waals surface area (Å²) in [7, 11) is 0. The molecule has 2 N–H and O–H groups in total. The van der Waals surface area contributed by atoms with Gasteiger partial charge >= 0.3 is 0 Å². The van der Waals surface area contributed by atoms with Crippen LogP contribution in [-0.4, -0.2) is 22.1 Å². The van der Waals surface area contributed by atoms with Crippen LogP contribution in [0.3, 0.4) is 0 Å². The van der Waals surface area contributed by atoms with Gasteiger partial charge in [-0.25, -0.2) is 4.39 Å². The normalized spacial score (nSPS) is 12.6. The van der Waals surface area contributed by atoms with Gasteiger partial charge in [-0.05, 0) is 30.1 Å². The fourth-order valence-corrected chi connectivity index (χ4v) is 2.16. The van der Waals surface area contributed by atoms with E-state index in [0.29, 0.717) is 23.7 Å². The van der Waals surface area contributed by atoms with E-state index < -0.39 is 0 Å². The van der Waals surface area contributed by atoms with Gasteiger partial charge in [-0.1, -0.05) is 23.4 Å². The van der Waals surface area contributed by atoms with Crippen LogP contribution in [0, 0.1) is 5.82 Å². The molecular formula is C13H16FN3OS. The van der Waals surface area contributed by atoms with Crippen LogP contribution >= 0.6 is 11.8 Å². The Balaban J connectivity index is 2.03. The molecule has 19 heavy (non-hydrogen) atoms. The summed E-state index contributed by atoms with van der Waals surface area (Å²) in [6.45, 7) is 0. The quantitative estimate of drug-likeness (QED) is 0.881. The molecule has 0 aliphatic rings. The molecule has 1 aromatic heterocycles. The van der Waals surface area contributed by atoms with Crippen LogP contribution in [0.5, 0.6) is 0 Å². The number of rotatable bonds is 6. The molecule has 0 aliphatic carbocycles. The van der Waals surface area contributed by atoms with Crippen molar-refractivity contribution in [2.45, 2.75) is 18.9 Å². The maximum Gasteiger partial charge on any atom is 0.243 e. The van der Waals surface area contributed by atoms with Crippen molar-refractivity contribution in [2.75, 3.05) is 12.0 Å². The summed E-state index contributed by atoms with van der Waals surface area (Å²) in [6, 6.07) is 6.30. The van der Waals surface area contributed by atoms with E-state index in [1.54, 1.807) is 30.0 Å². The second-order valence-electron chi connectivity index (χ2n) is 4.20. The lowest BCUT2D eigenvalue weighted by atomic mass is 10.1. The molecule has 0 saturated heterocycles. The van der Waals surface area contributed by atoms with Gasteiger partial charge < -0.3 is 10.3 Å². The Bertz CT molecular complexity index is 532. The fraction of sp³-hybridized carbons (Fsp3) is 0.385. The smallest absolute Gasteiger partial charge is 0.243 e. The molecule has 0 saturated carbocycles. The third-order valence-electron chi connectivity index (χ3n) is 2.74. The standard InChI is InChI=1S/C13H16FN3OS/c1-19-7-6-11(15)13-16-12(17-18-13)8-9-4-2-3-5-10(9)14/h2-5,11H,6-8,15H2,1H3/t11-/m1/s1. The number of hydrogen-bond acceptors (Lipinski definition) is 5. The number of nitrogens with zero attached hydrogens (tertiary/aromatic N) is 2. The number of thioether (sulfide) groups is 1. The van der Waals surface area contributed by atoms with Crippen molar-refractivity contribution >= 4 is 11.8 Å². The van der Waals surface area contributed by atoms with E-state index in [1.165, 1.54) is 6.07 Å². The third-order valence-corrected chi connectivity index (χ3v) is 3.38. The van der Waals surface area contributed by atoms with E-state index in [1.807, 2.05) is 6.26 Å². The minimum Gasteiger partial charge on any atom is -0.338 e. The van der Waals surface area contributed by atoms with E-state index in [4.69, 9.17) is 10.3 Å². The van der Waals surface area contributed by atoms with Crippen LogP contribution in [0.2, 0.25) is 0 Å². The Morgan fingerprint density at radius 2 is 2.21 bits per heavy atom. The van der Waals surface area contributed by atoms with Gasteiger partial charge in [-0.3, -0.25) is 0 Å². The van der Waals surface area contributed by atoms with Crippen LogP contribution in [0.15, 0.2) is 28.8 Å². The van der Waals surface area contributed by atoms with Crippen molar-refractivity contribution in [3.8, 4) is 0 Å². The molecule has 0 aliphatic heterocycles. The van der Waals surface area contributed by atoms with Gasteiger partial charge in [0.25, 0.3) is 0 Å². The molecular weight excluding hydrogens is 265 g/mol. The lowest BCUT2D eigenvalue weighted by molar-refractivity contribution is 0.349. The van der Waals surface area contributed by atoms with Gasteiger partial charge in [0, 0.05) is 6.42 Å². The summed E-state index contributed by atoms with van der Waals surface area (Å²) in [4.78, 5) is 4.22. The lowest BCUT2D eigenvalue weighted by Gasteiger charge is -2.03. The molecule has 2 rings (SSSR count). The Morgan fingerprint density at radius 1 is 1.42 bits per heavy atom. The number of halogens is 1. The molecule has 0 amide bonds. The van der Waals surface area contributed by atoms with Gasteiger partial charge in [0.15, 0.2) is 5.82 Å². The van der Waals surface area contributed by atoms with Crippen LogP contribution in [0.1, 0.15) is 29.7 Å². The second-order valence-corrected chi connectivity index (χ2v) is 5.19. The van der Waals surface area contributed by atoms with Gasteiger partial charge in [0.1, 0.15) is 5.82 Å². The zero-order valence-electron chi connectivity index (χ0n) is 10.7. The predicted octanol–water partition coefficient (Wildman–Crippen LogP) is 2.55. The minimum absolute atomic E-state index is 0.255. The number of benzene rings is 1. The number of aromatic nitrogens is 2. The molecule has 6 heteroatoms. The first-order chi connectivity index (χ1) is 9.20. The highest BCUT2D eigenvalue weighted by molar-refractivity contribution is 7.98. The number of nitrogens with two attached hydrogens (primary N) is 1. The maximum absolute atomic E-state index is 13.5. The average molecular weight is 281 g/mol. The SMILES string of the molecule is CSCC[C@@H](N)c1nc(Cc2ccccc2F)no1. The van der Waals surface area contributed by atoms with Crippen LogP contribution in [0.25, 0.3) is 0 Å². The van der Waals surface area contributed by atoms with E-state index in [0.717, 1.165) is 12.2 Å². The van der Waals surface area contributed by atoms with E-state index in [-0.39, 0.29) is 11.9 Å². The first kappa shape index (κ1) is 14.0. The van der Waals surface area contributed by atoms with E-state index in [2.05, 4.69) is 10.1 Å². The van der Waals surface area contributed by atoms with Crippen molar-refractivity contribution in [1.82, 2.24) is 10.1 Å². The Labute approximate surface area is 115 Å². The molecule has 0 fully saturated rings. The summed E-state index contributed by atoms with van der Waals surface area (Å²) in [5.74, 6) is 1.55. The molecule has 0 radical (unpaired) electrons. The van der Waals surface area contributed by atoms with Gasteiger partial charge in [-0.15, -0.1) is 0 Å². The number of hydrogen-bond donors (Lipinski definition) is 1. The highest BCUT2D eigenvalue weighted by Crippen LogP contribution is 2.16. The molecule has 102 valence electrons. The van der Waals surface area contributed by atoms with Crippen LogP contribution in [0.4, 0.5) is 4.39 Å². The van der Waals surface area contributed by atoms with Crippen molar-refractivity contribution in [3.63, 3.8) is 0 Å². The summed E-state index contributed by atoms with van der Waals surface area (Å²) >= 11 is 1.72. The van der Waals surface area contributed by atoms with Crippen molar-refractivity contribution in [2.24, 2.45) is 5.73 Å². The van der Waals surface area contributed by atoms with Gasteiger partial charge in [-0.2, -0.15) is 16.7 Å². The summed E-state index contributed by atoms with van der Waals surface area (Å²) in [5.41, 5.74) is 6.48. The monoisotopic (exact) mass is 281 g/mol. The highest BCUT2D eigenvalue weighted by Gasteiger charge is 2.15. The Kier molecular flexibility index (Phi) is 4.93. The van der Waals surface area contributed by atoms with E-state index in [9.17, 15) is 4.39 Å². The lowest BCUT2D eigenvalue weighted by Crippen LogP contribution is -2.11. The molecule has 0 spiro atoms. The predicted molar refractivity (Wildman–Crippen MR) is 73.4 cm³/mol. The average Bonchev–Trinajstić information content (AvgIpc) is 2.87. The van der Waals surface area contributed by atoms with E-state index >= 15 is 0 Å². The Hall–Kier alpha value is -1.40. The van der Waals surface area contributed by atoms with Crippen LogP contribution < -0.4 is 5.73 Å². The molecule has 0 unspecified atom stereocenters. The zero-order valence-corrected chi connectivity index (χ0v) is 11.5. The molecule has 1 heterocycles. The van der Waals surface area contributed by atoms with Crippen molar-refractivity contribution < 1.29 is 8.91 Å².